The van der Waals surface area contributed by atoms with Crippen LogP contribution in [0.15, 0.2) is 52.5 Å². The molecule has 0 atom stereocenters. The summed E-state index contributed by atoms with van der Waals surface area (Å²) in [6.07, 6.45) is 2.03. The van der Waals surface area contributed by atoms with Gasteiger partial charge in [-0.15, -0.1) is 0 Å². The topological polar surface area (TPSA) is 112 Å². The number of fused-ring (bicyclic) bond motifs is 1. The average Bonchev–Trinajstić information content (AvgIpc) is 2.57. The molecule has 2 rings (SSSR count). The number of amides is 1. The van der Waals surface area contributed by atoms with Gasteiger partial charge in [0.25, 0.3) is 0 Å². The average molecular weight is 346 g/mol. The van der Waals surface area contributed by atoms with Crippen molar-refractivity contribution in [3.8, 4) is 0 Å². The van der Waals surface area contributed by atoms with Gasteiger partial charge in [-0.05, 0) is 46.4 Å². The summed E-state index contributed by atoms with van der Waals surface area (Å²) in [6.45, 7) is 0.296. The molecule has 0 radical (unpaired) electrons. The summed E-state index contributed by atoms with van der Waals surface area (Å²) in [7, 11) is -3.55. The predicted molar refractivity (Wildman–Crippen MR) is 91.8 cm³/mol. The monoisotopic (exact) mass is 346 g/mol. The summed E-state index contributed by atoms with van der Waals surface area (Å²) < 4.78 is 27.1. The molecule has 0 fully saturated rings. The van der Waals surface area contributed by atoms with Crippen LogP contribution in [0, 0.1) is 0 Å². The van der Waals surface area contributed by atoms with Crippen LogP contribution in [0.25, 0.3) is 21.2 Å². The van der Waals surface area contributed by atoms with Gasteiger partial charge in [0.2, 0.25) is 15.9 Å². The van der Waals surface area contributed by atoms with Crippen molar-refractivity contribution < 1.29 is 13.2 Å². The molecule has 0 aliphatic rings. The van der Waals surface area contributed by atoms with Crippen molar-refractivity contribution in [1.29, 1.82) is 0 Å². The summed E-state index contributed by atoms with van der Waals surface area (Å²) in [5.41, 5.74) is 8.10. The van der Waals surface area contributed by atoms with E-state index in [2.05, 4.69) is 14.7 Å². The third-order valence-corrected chi connectivity index (χ3v) is 5.01. The van der Waals surface area contributed by atoms with Crippen LogP contribution >= 0.6 is 0 Å². The molecule has 8 heteroatoms. The number of nitrogens with one attached hydrogen (secondary N) is 1. The van der Waals surface area contributed by atoms with E-state index in [0.29, 0.717) is 25.8 Å². The maximum Gasteiger partial charge on any atom is 0.240 e. The van der Waals surface area contributed by atoms with E-state index in [1.807, 2.05) is 24.3 Å². The van der Waals surface area contributed by atoms with E-state index in [1.165, 1.54) is 0 Å². The highest BCUT2D eigenvalue weighted by atomic mass is 32.2. The quantitative estimate of drug-likeness (QED) is 0.341. The van der Waals surface area contributed by atoms with Gasteiger partial charge >= 0.3 is 0 Å². The van der Waals surface area contributed by atoms with Crippen LogP contribution in [0.4, 0.5) is 0 Å². The van der Waals surface area contributed by atoms with Gasteiger partial charge in [-0.25, -0.2) is 13.1 Å². The Labute approximate surface area is 140 Å². The molecule has 2 aromatic rings. The van der Waals surface area contributed by atoms with Crippen LogP contribution in [0.5, 0.6) is 0 Å². The molecule has 1 amide bonds. The van der Waals surface area contributed by atoms with E-state index >= 15 is 0 Å². The van der Waals surface area contributed by atoms with Crippen LogP contribution in [0.3, 0.4) is 0 Å². The lowest BCUT2D eigenvalue weighted by Gasteiger charge is -2.07. The highest BCUT2D eigenvalue weighted by Gasteiger charge is 2.13. The number of unbranched alkanes of at least 4 members (excludes halogenated alkanes) is 2. The minimum Gasteiger partial charge on any atom is -0.293 e. The Balaban J connectivity index is 1.84. The van der Waals surface area contributed by atoms with Crippen molar-refractivity contribution in [2.75, 3.05) is 6.54 Å². The van der Waals surface area contributed by atoms with Crippen molar-refractivity contribution in [2.24, 2.45) is 5.11 Å². The van der Waals surface area contributed by atoms with Crippen molar-refractivity contribution in [3.63, 3.8) is 0 Å². The van der Waals surface area contributed by atoms with Gasteiger partial charge in [0, 0.05) is 17.9 Å². The number of azide groups is 1. The lowest BCUT2D eigenvalue weighted by Crippen LogP contribution is -2.24. The third-order valence-electron chi connectivity index (χ3n) is 3.55. The zero-order valence-corrected chi connectivity index (χ0v) is 13.9. The molecule has 7 nitrogen and oxygen atoms in total. The molecule has 2 aromatic carbocycles. The summed E-state index contributed by atoms with van der Waals surface area (Å²) >= 11 is 0. The summed E-state index contributed by atoms with van der Waals surface area (Å²) in [5, 5.41) is 4.84. The number of hydrogen-bond acceptors (Lipinski definition) is 3. The van der Waals surface area contributed by atoms with E-state index < -0.39 is 15.9 Å². The lowest BCUT2D eigenvalue weighted by molar-refractivity contribution is -0.118. The highest BCUT2D eigenvalue weighted by Crippen LogP contribution is 2.18. The zero-order chi connectivity index (χ0) is 17.4. The number of nitrogens with zero attached hydrogens (tertiary/aromatic N) is 3. The van der Waals surface area contributed by atoms with Gasteiger partial charge in [0.05, 0.1) is 4.90 Å². The van der Waals surface area contributed by atoms with Crippen molar-refractivity contribution in [3.05, 3.63) is 52.9 Å². The molecule has 0 aromatic heterocycles. The zero-order valence-electron chi connectivity index (χ0n) is 13.1. The maximum atomic E-state index is 12.3. The van der Waals surface area contributed by atoms with Gasteiger partial charge in [-0.2, -0.15) is 0 Å². The minimum absolute atomic E-state index is 0.182. The molecular formula is C16H18N4O3S. The molecule has 0 aliphatic heterocycles. The Morgan fingerprint density at radius 3 is 2.58 bits per heavy atom. The van der Waals surface area contributed by atoms with E-state index in [-0.39, 0.29) is 11.3 Å². The molecule has 0 spiro atoms. The van der Waals surface area contributed by atoms with Crippen LogP contribution in [0.2, 0.25) is 0 Å². The van der Waals surface area contributed by atoms with Gasteiger partial charge < -0.3 is 0 Å². The van der Waals surface area contributed by atoms with E-state index in [9.17, 15) is 13.2 Å². The predicted octanol–water partition coefficient (Wildman–Crippen LogP) is 3.52. The van der Waals surface area contributed by atoms with E-state index in [0.717, 1.165) is 10.8 Å². The first-order valence-electron chi connectivity index (χ1n) is 7.59. The number of carbonyl (C=O) groups is 1. The minimum atomic E-state index is -3.55. The Bertz CT molecular complexity index is 874. The first-order chi connectivity index (χ1) is 11.5. The van der Waals surface area contributed by atoms with Crippen LogP contribution in [-0.2, 0) is 14.8 Å². The second-order valence-corrected chi connectivity index (χ2v) is 7.07. The molecule has 0 saturated heterocycles. The fraction of sp³-hybridized carbons (Fsp3) is 0.312. The van der Waals surface area contributed by atoms with Crippen molar-refractivity contribution in [1.82, 2.24) is 4.72 Å². The van der Waals surface area contributed by atoms with Crippen LogP contribution in [0.1, 0.15) is 25.7 Å². The smallest absolute Gasteiger partial charge is 0.240 e. The van der Waals surface area contributed by atoms with Gasteiger partial charge in [-0.1, -0.05) is 36.8 Å². The van der Waals surface area contributed by atoms with Gasteiger partial charge in [0.1, 0.15) is 0 Å². The molecule has 24 heavy (non-hydrogen) atoms. The molecule has 0 bridgehead atoms. The largest absolute Gasteiger partial charge is 0.293 e. The SMILES string of the molecule is [N-]=[N+]=NC(=O)CCCCCNS(=O)(=O)c1ccc2ccccc2c1. The Morgan fingerprint density at radius 1 is 1.08 bits per heavy atom. The molecule has 0 saturated carbocycles. The summed E-state index contributed by atoms with van der Waals surface area (Å²) in [6, 6.07) is 12.6. The number of carbonyl (C=O) groups excluding carboxylic acids is 1. The normalized spacial score (nSPS) is 11.2. The Kier molecular flexibility index (Phi) is 6.31. The summed E-state index contributed by atoms with van der Waals surface area (Å²) in [4.78, 5) is 13.7. The summed E-state index contributed by atoms with van der Waals surface area (Å²) in [5.74, 6) is -0.491. The molecule has 1 N–H and O–H groups in total. The molecule has 126 valence electrons. The van der Waals surface area contributed by atoms with Crippen molar-refractivity contribution in [2.45, 2.75) is 30.6 Å². The second-order valence-electron chi connectivity index (χ2n) is 5.30. The third kappa shape index (κ3) is 5.06. The standard InChI is InChI=1S/C16H18N4O3S/c17-20-19-16(21)8-2-1-5-11-18-24(22,23)15-10-9-13-6-3-4-7-14(13)12-15/h3-4,6-7,9-10,12,18H,1-2,5,8,11H2. The number of hydrogen-bond donors (Lipinski definition) is 1. The fourth-order valence-electron chi connectivity index (χ4n) is 2.30. The van der Waals surface area contributed by atoms with Gasteiger partial charge in [-0.3, -0.25) is 4.79 Å². The molecule has 0 heterocycles. The highest BCUT2D eigenvalue weighted by molar-refractivity contribution is 7.89. The number of benzene rings is 2. The molecule has 0 aliphatic carbocycles. The fourth-order valence-corrected chi connectivity index (χ4v) is 3.41. The first-order valence-corrected chi connectivity index (χ1v) is 9.07. The maximum absolute atomic E-state index is 12.3. The Hall–Kier alpha value is -2.41. The first kappa shape index (κ1) is 17.9. The lowest BCUT2D eigenvalue weighted by atomic mass is 10.1. The van der Waals surface area contributed by atoms with E-state index in [1.54, 1.807) is 18.2 Å². The molecule has 0 unspecified atom stereocenters. The number of sulfonamides is 1. The van der Waals surface area contributed by atoms with Crippen LogP contribution in [-0.4, -0.2) is 20.9 Å². The van der Waals surface area contributed by atoms with Gasteiger partial charge in [0.15, 0.2) is 0 Å². The van der Waals surface area contributed by atoms with Crippen molar-refractivity contribution >= 4 is 26.7 Å². The second kappa shape index (κ2) is 8.44. The number of rotatable bonds is 8. The van der Waals surface area contributed by atoms with Crippen LogP contribution < -0.4 is 4.72 Å². The Morgan fingerprint density at radius 2 is 1.83 bits per heavy atom. The van der Waals surface area contributed by atoms with E-state index in [4.69, 9.17) is 5.53 Å². The molecular weight excluding hydrogens is 328 g/mol.